The van der Waals surface area contributed by atoms with E-state index in [2.05, 4.69) is 42.3 Å². The maximum Gasteiger partial charge on any atom is 0.0640 e. The van der Waals surface area contributed by atoms with Crippen LogP contribution in [0.15, 0.2) is 0 Å². The summed E-state index contributed by atoms with van der Waals surface area (Å²) in [4.78, 5) is 3.00. The Morgan fingerprint density at radius 2 is 1.68 bits per heavy atom. The van der Waals surface area contributed by atoms with Crippen molar-refractivity contribution in [3.05, 3.63) is 0 Å². The SMILES string of the molecule is C[C@H]1C[C@H](C)[C@H]2CC3(C[C@H]4CC[C@H]1N42)SCCCS3. The second kappa shape index (κ2) is 4.84. The first-order chi connectivity index (χ1) is 9.19. The van der Waals surface area contributed by atoms with Gasteiger partial charge in [-0.1, -0.05) is 13.8 Å². The van der Waals surface area contributed by atoms with Crippen LogP contribution in [-0.2, 0) is 0 Å². The van der Waals surface area contributed by atoms with Gasteiger partial charge in [0.1, 0.15) is 0 Å². The molecule has 3 heteroatoms. The number of piperidine rings is 2. The lowest BCUT2D eigenvalue weighted by atomic mass is 9.77. The van der Waals surface area contributed by atoms with Crippen molar-refractivity contribution in [1.82, 2.24) is 4.90 Å². The van der Waals surface area contributed by atoms with E-state index >= 15 is 0 Å². The number of thioether (sulfide) groups is 2. The summed E-state index contributed by atoms with van der Waals surface area (Å²) in [6.45, 7) is 5.04. The predicted molar refractivity (Wildman–Crippen MR) is 86.9 cm³/mol. The van der Waals surface area contributed by atoms with E-state index in [-0.39, 0.29) is 0 Å². The molecular weight excluding hydrogens is 270 g/mol. The zero-order valence-electron chi connectivity index (χ0n) is 12.3. The molecular formula is C16H27NS2. The fourth-order valence-corrected chi connectivity index (χ4v) is 8.88. The fraction of sp³-hybridized carbons (Fsp3) is 1.00. The molecule has 4 aliphatic rings. The van der Waals surface area contributed by atoms with Crippen LogP contribution in [0, 0.1) is 11.8 Å². The summed E-state index contributed by atoms with van der Waals surface area (Å²) in [5.41, 5.74) is 0. The molecule has 0 aromatic carbocycles. The van der Waals surface area contributed by atoms with E-state index in [1.54, 1.807) is 0 Å². The van der Waals surface area contributed by atoms with Crippen molar-refractivity contribution < 1.29 is 0 Å². The van der Waals surface area contributed by atoms with Gasteiger partial charge in [-0.2, -0.15) is 0 Å². The van der Waals surface area contributed by atoms with E-state index in [0.717, 1.165) is 30.0 Å². The molecule has 0 N–H and O–H groups in total. The van der Waals surface area contributed by atoms with E-state index in [1.165, 1.54) is 50.0 Å². The summed E-state index contributed by atoms with van der Waals surface area (Å²) < 4.78 is 0.605. The largest absolute Gasteiger partial charge is 0.294 e. The predicted octanol–water partition coefficient (Wildman–Crippen LogP) is 4.22. The Kier molecular flexibility index (Phi) is 3.40. The number of hydrogen-bond acceptors (Lipinski definition) is 3. The van der Waals surface area contributed by atoms with Gasteiger partial charge in [0.15, 0.2) is 0 Å². The summed E-state index contributed by atoms with van der Waals surface area (Å²) in [7, 11) is 0. The third-order valence-electron chi connectivity index (χ3n) is 6.13. The van der Waals surface area contributed by atoms with Crippen LogP contribution in [0.5, 0.6) is 0 Å². The summed E-state index contributed by atoms with van der Waals surface area (Å²) in [5.74, 6) is 4.70. The topological polar surface area (TPSA) is 3.24 Å². The lowest BCUT2D eigenvalue weighted by Gasteiger charge is -2.56. The standard InChI is InChI=1S/C16H27NS2/c1-11-8-12(2)15-10-16(18-6-3-7-19-16)9-13-4-5-14(11)17(13)15/h11-15H,3-10H2,1-2H3/t11-,12-,13+,14+,15+/m0/s1. The van der Waals surface area contributed by atoms with Crippen molar-refractivity contribution in [3.63, 3.8) is 0 Å². The van der Waals surface area contributed by atoms with Crippen LogP contribution >= 0.6 is 23.5 Å². The zero-order chi connectivity index (χ0) is 13.0. The minimum absolute atomic E-state index is 0.605. The van der Waals surface area contributed by atoms with Gasteiger partial charge in [0, 0.05) is 18.1 Å². The van der Waals surface area contributed by atoms with Gasteiger partial charge in [0.05, 0.1) is 4.08 Å². The smallest absolute Gasteiger partial charge is 0.0640 e. The molecule has 0 aliphatic carbocycles. The van der Waals surface area contributed by atoms with Gasteiger partial charge < -0.3 is 0 Å². The van der Waals surface area contributed by atoms with E-state index in [0.29, 0.717) is 4.08 Å². The summed E-state index contributed by atoms with van der Waals surface area (Å²) in [6, 6.07) is 2.76. The van der Waals surface area contributed by atoms with Crippen LogP contribution in [-0.4, -0.2) is 38.6 Å². The molecule has 108 valence electrons. The molecule has 4 aliphatic heterocycles. The molecule has 4 fully saturated rings. The van der Waals surface area contributed by atoms with Gasteiger partial charge in [0.2, 0.25) is 0 Å². The van der Waals surface area contributed by atoms with Crippen molar-refractivity contribution in [3.8, 4) is 0 Å². The maximum atomic E-state index is 3.00. The molecule has 0 bridgehead atoms. The van der Waals surface area contributed by atoms with Crippen LogP contribution in [0.4, 0.5) is 0 Å². The highest BCUT2D eigenvalue weighted by molar-refractivity contribution is 8.18. The Bertz CT molecular complexity index is 353. The molecule has 0 amide bonds. The fourth-order valence-electron chi connectivity index (χ4n) is 5.35. The molecule has 4 rings (SSSR count). The van der Waals surface area contributed by atoms with E-state index in [1.807, 2.05) is 0 Å². The van der Waals surface area contributed by atoms with Crippen LogP contribution < -0.4 is 0 Å². The van der Waals surface area contributed by atoms with E-state index in [4.69, 9.17) is 0 Å². The van der Waals surface area contributed by atoms with E-state index < -0.39 is 0 Å². The molecule has 0 aromatic heterocycles. The number of hydrogen-bond donors (Lipinski definition) is 0. The molecule has 19 heavy (non-hydrogen) atoms. The summed E-state index contributed by atoms with van der Waals surface area (Å²) >= 11 is 4.64. The van der Waals surface area contributed by atoms with Gasteiger partial charge >= 0.3 is 0 Å². The monoisotopic (exact) mass is 297 g/mol. The highest BCUT2D eigenvalue weighted by atomic mass is 32.2. The Hall–Kier alpha value is 0.660. The highest BCUT2D eigenvalue weighted by Crippen LogP contribution is 2.57. The Balaban J connectivity index is 1.62. The molecule has 4 saturated heterocycles. The van der Waals surface area contributed by atoms with Gasteiger partial charge in [-0.25, -0.2) is 0 Å². The first kappa shape index (κ1) is 13.3. The molecule has 0 unspecified atom stereocenters. The third-order valence-corrected chi connectivity index (χ3v) is 9.54. The van der Waals surface area contributed by atoms with Crippen molar-refractivity contribution in [2.24, 2.45) is 11.8 Å². The quantitative estimate of drug-likeness (QED) is 0.659. The van der Waals surface area contributed by atoms with Gasteiger partial charge in [-0.3, -0.25) is 4.90 Å². The van der Waals surface area contributed by atoms with Gasteiger partial charge in [-0.15, -0.1) is 23.5 Å². The lowest BCUT2D eigenvalue weighted by molar-refractivity contribution is -0.0160. The molecule has 1 nitrogen and oxygen atoms in total. The van der Waals surface area contributed by atoms with Crippen molar-refractivity contribution in [2.45, 2.75) is 74.6 Å². The van der Waals surface area contributed by atoms with Gasteiger partial charge in [0.25, 0.3) is 0 Å². The van der Waals surface area contributed by atoms with Crippen LogP contribution in [0.2, 0.25) is 0 Å². The Morgan fingerprint density at radius 1 is 0.947 bits per heavy atom. The molecule has 0 radical (unpaired) electrons. The second-order valence-corrected chi connectivity index (χ2v) is 10.6. The van der Waals surface area contributed by atoms with Crippen LogP contribution in [0.1, 0.15) is 52.4 Å². The number of nitrogens with zero attached hydrogens (tertiary/aromatic N) is 1. The first-order valence-electron chi connectivity index (χ1n) is 8.24. The molecule has 0 aromatic rings. The normalized spacial score (nSPS) is 49.3. The maximum absolute atomic E-state index is 3.00. The minimum atomic E-state index is 0.605. The minimum Gasteiger partial charge on any atom is -0.294 e. The van der Waals surface area contributed by atoms with Gasteiger partial charge in [-0.05, 0) is 61.9 Å². The van der Waals surface area contributed by atoms with Crippen molar-refractivity contribution in [1.29, 1.82) is 0 Å². The first-order valence-corrected chi connectivity index (χ1v) is 10.2. The molecule has 0 saturated carbocycles. The summed E-state index contributed by atoms with van der Waals surface area (Å²) in [5, 5.41) is 0. The van der Waals surface area contributed by atoms with Crippen molar-refractivity contribution >= 4 is 23.5 Å². The summed E-state index contributed by atoms with van der Waals surface area (Å²) in [6.07, 6.45) is 8.84. The number of rotatable bonds is 0. The third kappa shape index (κ3) is 2.10. The average molecular weight is 298 g/mol. The lowest BCUT2D eigenvalue weighted by Crippen LogP contribution is -2.60. The molecule has 1 spiro atoms. The van der Waals surface area contributed by atoms with Crippen molar-refractivity contribution in [2.75, 3.05) is 11.5 Å². The van der Waals surface area contributed by atoms with Crippen LogP contribution in [0.3, 0.4) is 0 Å². The highest BCUT2D eigenvalue weighted by Gasteiger charge is 2.54. The Labute approximate surface area is 126 Å². The molecule has 4 heterocycles. The molecule has 5 atom stereocenters. The average Bonchev–Trinajstić information content (AvgIpc) is 2.81. The van der Waals surface area contributed by atoms with E-state index in [9.17, 15) is 0 Å². The van der Waals surface area contributed by atoms with Crippen LogP contribution in [0.25, 0.3) is 0 Å². The second-order valence-electron chi connectivity index (χ2n) is 7.37. The Morgan fingerprint density at radius 3 is 2.47 bits per heavy atom. The zero-order valence-corrected chi connectivity index (χ0v) is 13.9.